The highest BCUT2D eigenvalue weighted by atomic mass is 16.5. The second-order valence-corrected chi connectivity index (χ2v) is 5.89. The number of aromatic nitrogens is 3. The van der Waals surface area contributed by atoms with Crippen LogP contribution in [0.2, 0.25) is 0 Å². The van der Waals surface area contributed by atoms with Gasteiger partial charge >= 0.3 is 0 Å². The van der Waals surface area contributed by atoms with Gasteiger partial charge in [-0.3, -0.25) is 4.98 Å². The molecule has 3 heterocycles. The molecule has 0 unspecified atom stereocenters. The molecule has 0 bridgehead atoms. The van der Waals surface area contributed by atoms with E-state index in [1.165, 1.54) is 5.56 Å². The zero-order valence-corrected chi connectivity index (χ0v) is 13.8. The van der Waals surface area contributed by atoms with Crippen LogP contribution in [0, 0.1) is 6.92 Å². The van der Waals surface area contributed by atoms with Crippen LogP contribution >= 0.6 is 0 Å². The Morgan fingerprint density at radius 3 is 2.96 bits per heavy atom. The number of nitrogens with one attached hydrogen (secondary N) is 2. The summed E-state index contributed by atoms with van der Waals surface area (Å²) in [5.74, 6) is 1.56. The summed E-state index contributed by atoms with van der Waals surface area (Å²) in [7, 11) is 0. The lowest BCUT2D eigenvalue weighted by atomic mass is 10.0. The first-order valence-corrected chi connectivity index (χ1v) is 8.21. The molecule has 0 amide bonds. The first-order valence-electron chi connectivity index (χ1n) is 8.21. The predicted octanol–water partition coefficient (Wildman–Crippen LogP) is 1.70. The van der Waals surface area contributed by atoms with Gasteiger partial charge in [0.25, 0.3) is 0 Å². The molecule has 1 atom stereocenters. The Kier molecular flexibility index (Phi) is 5.55. The minimum Gasteiger partial charge on any atom is -0.395 e. The third-order valence-corrected chi connectivity index (χ3v) is 3.91. The summed E-state index contributed by atoms with van der Waals surface area (Å²) >= 11 is 0. The van der Waals surface area contributed by atoms with E-state index < -0.39 is 0 Å². The van der Waals surface area contributed by atoms with Crippen LogP contribution in [0.4, 0.5) is 11.8 Å². The summed E-state index contributed by atoms with van der Waals surface area (Å²) in [6.45, 7) is 4.56. The number of pyridine rings is 1. The van der Waals surface area contributed by atoms with Crippen LogP contribution in [-0.2, 0) is 11.3 Å². The molecule has 0 spiro atoms. The summed E-state index contributed by atoms with van der Waals surface area (Å²) in [6.07, 6.45) is 2.77. The maximum absolute atomic E-state index is 8.99. The molecular weight excluding hydrogens is 306 g/mol. The van der Waals surface area contributed by atoms with Gasteiger partial charge in [0.05, 0.1) is 31.1 Å². The SMILES string of the molecule is Cc1ccnc(CNc2cc([C@@H]3CCOC3)nc(NCCO)n2)c1. The van der Waals surface area contributed by atoms with Crippen molar-refractivity contribution >= 4 is 11.8 Å². The Hall–Kier alpha value is -2.25. The molecule has 1 fully saturated rings. The van der Waals surface area contributed by atoms with Gasteiger partial charge in [0, 0.05) is 31.3 Å². The van der Waals surface area contributed by atoms with Crippen molar-refractivity contribution in [2.45, 2.75) is 25.8 Å². The number of rotatable bonds is 7. The molecule has 0 radical (unpaired) electrons. The molecule has 0 aromatic carbocycles. The lowest BCUT2D eigenvalue weighted by molar-refractivity contribution is 0.193. The van der Waals surface area contributed by atoms with E-state index in [0.717, 1.165) is 30.2 Å². The van der Waals surface area contributed by atoms with Crippen molar-refractivity contribution in [3.8, 4) is 0 Å². The van der Waals surface area contributed by atoms with Gasteiger partial charge in [-0.15, -0.1) is 0 Å². The molecule has 24 heavy (non-hydrogen) atoms. The van der Waals surface area contributed by atoms with Crippen molar-refractivity contribution in [1.82, 2.24) is 15.0 Å². The van der Waals surface area contributed by atoms with Crippen molar-refractivity contribution in [3.05, 3.63) is 41.3 Å². The van der Waals surface area contributed by atoms with Gasteiger partial charge in [-0.2, -0.15) is 4.98 Å². The molecule has 2 aromatic heterocycles. The van der Waals surface area contributed by atoms with Crippen molar-refractivity contribution in [2.24, 2.45) is 0 Å². The maximum Gasteiger partial charge on any atom is 0.224 e. The fourth-order valence-electron chi connectivity index (χ4n) is 2.66. The molecule has 1 aliphatic rings. The summed E-state index contributed by atoms with van der Waals surface area (Å²) in [5.41, 5.74) is 3.10. The zero-order valence-electron chi connectivity index (χ0n) is 13.8. The van der Waals surface area contributed by atoms with E-state index in [1.807, 2.05) is 31.3 Å². The predicted molar refractivity (Wildman–Crippen MR) is 92.1 cm³/mol. The van der Waals surface area contributed by atoms with Crippen LogP contribution in [0.3, 0.4) is 0 Å². The summed E-state index contributed by atoms with van der Waals surface area (Å²) in [5, 5.41) is 15.3. The van der Waals surface area contributed by atoms with Gasteiger partial charge in [0.2, 0.25) is 5.95 Å². The van der Waals surface area contributed by atoms with E-state index in [9.17, 15) is 0 Å². The van der Waals surface area contributed by atoms with Crippen molar-refractivity contribution in [2.75, 3.05) is 37.0 Å². The lowest BCUT2D eigenvalue weighted by Gasteiger charge is -2.13. The van der Waals surface area contributed by atoms with Crippen molar-refractivity contribution in [1.29, 1.82) is 0 Å². The topological polar surface area (TPSA) is 92.2 Å². The summed E-state index contributed by atoms with van der Waals surface area (Å²) in [4.78, 5) is 13.4. The van der Waals surface area contributed by atoms with E-state index >= 15 is 0 Å². The molecule has 0 aliphatic carbocycles. The quantitative estimate of drug-likeness (QED) is 0.712. The number of hydrogen-bond acceptors (Lipinski definition) is 7. The van der Waals surface area contributed by atoms with Crippen LogP contribution in [0.5, 0.6) is 0 Å². The Morgan fingerprint density at radius 2 is 2.21 bits per heavy atom. The molecule has 7 nitrogen and oxygen atoms in total. The Labute approximate surface area is 141 Å². The van der Waals surface area contributed by atoms with Crippen LogP contribution in [0.1, 0.15) is 29.3 Å². The number of aliphatic hydroxyl groups is 1. The van der Waals surface area contributed by atoms with Crippen LogP contribution < -0.4 is 10.6 Å². The van der Waals surface area contributed by atoms with Crippen LogP contribution in [-0.4, -0.2) is 46.4 Å². The molecule has 7 heteroatoms. The molecule has 3 rings (SSSR count). The second-order valence-electron chi connectivity index (χ2n) is 5.89. The van der Waals surface area contributed by atoms with Gasteiger partial charge in [0.15, 0.2) is 0 Å². The highest BCUT2D eigenvalue weighted by Crippen LogP contribution is 2.26. The average Bonchev–Trinajstić information content (AvgIpc) is 3.13. The fraction of sp³-hybridized carbons (Fsp3) is 0.471. The molecule has 3 N–H and O–H groups in total. The standard InChI is InChI=1S/C17H23N5O2/c1-12-2-4-18-14(8-12)10-20-16-9-15(13-3-7-24-11-13)21-17(22-16)19-5-6-23/h2,4,8-9,13,23H,3,5-7,10-11H2,1H3,(H2,19,20,21,22)/t13-/m1/s1. The summed E-state index contributed by atoms with van der Waals surface area (Å²) in [6, 6.07) is 5.99. The largest absolute Gasteiger partial charge is 0.395 e. The molecule has 1 saturated heterocycles. The minimum atomic E-state index is 0.0378. The number of hydrogen-bond donors (Lipinski definition) is 3. The van der Waals surface area contributed by atoms with Gasteiger partial charge in [0.1, 0.15) is 5.82 Å². The number of nitrogens with zero attached hydrogens (tertiary/aromatic N) is 3. The average molecular weight is 329 g/mol. The second kappa shape index (κ2) is 8.03. The highest BCUT2D eigenvalue weighted by molar-refractivity contribution is 5.43. The third kappa shape index (κ3) is 4.39. The lowest BCUT2D eigenvalue weighted by Crippen LogP contribution is -2.13. The minimum absolute atomic E-state index is 0.0378. The van der Waals surface area contributed by atoms with Gasteiger partial charge < -0.3 is 20.5 Å². The first kappa shape index (κ1) is 16.6. The number of aliphatic hydroxyl groups excluding tert-OH is 1. The maximum atomic E-state index is 8.99. The Bertz CT molecular complexity index is 674. The van der Waals surface area contributed by atoms with E-state index in [-0.39, 0.29) is 6.61 Å². The van der Waals surface area contributed by atoms with E-state index in [4.69, 9.17) is 9.84 Å². The molecule has 2 aromatic rings. The third-order valence-electron chi connectivity index (χ3n) is 3.91. The number of ether oxygens (including phenoxy) is 1. The number of anilines is 2. The molecular formula is C17H23N5O2. The monoisotopic (exact) mass is 329 g/mol. The van der Waals surface area contributed by atoms with Gasteiger partial charge in [-0.1, -0.05) is 0 Å². The number of aryl methyl sites for hydroxylation is 1. The molecule has 128 valence electrons. The first-order chi connectivity index (χ1) is 11.7. The highest BCUT2D eigenvalue weighted by Gasteiger charge is 2.20. The Morgan fingerprint density at radius 1 is 1.29 bits per heavy atom. The molecule has 0 saturated carbocycles. The van der Waals surface area contributed by atoms with Crippen LogP contribution in [0.25, 0.3) is 0 Å². The normalized spacial score (nSPS) is 17.0. The van der Waals surface area contributed by atoms with Gasteiger partial charge in [-0.05, 0) is 31.0 Å². The Balaban J connectivity index is 1.75. The van der Waals surface area contributed by atoms with E-state index in [0.29, 0.717) is 31.6 Å². The van der Waals surface area contributed by atoms with Crippen LogP contribution in [0.15, 0.2) is 24.4 Å². The molecule has 1 aliphatic heterocycles. The van der Waals surface area contributed by atoms with E-state index in [2.05, 4.69) is 25.6 Å². The fourth-order valence-corrected chi connectivity index (χ4v) is 2.66. The van der Waals surface area contributed by atoms with Gasteiger partial charge in [-0.25, -0.2) is 4.98 Å². The van der Waals surface area contributed by atoms with Crippen molar-refractivity contribution < 1.29 is 9.84 Å². The van der Waals surface area contributed by atoms with Crippen molar-refractivity contribution in [3.63, 3.8) is 0 Å². The smallest absolute Gasteiger partial charge is 0.224 e. The zero-order chi connectivity index (χ0) is 16.8. The summed E-state index contributed by atoms with van der Waals surface area (Å²) < 4.78 is 5.46. The van der Waals surface area contributed by atoms with E-state index in [1.54, 1.807) is 0 Å².